The summed E-state index contributed by atoms with van der Waals surface area (Å²) >= 11 is 0. The van der Waals surface area contributed by atoms with Gasteiger partial charge in [-0.05, 0) is 49.4 Å². The fraction of sp³-hybridized carbons (Fsp3) is 0.636. The molecule has 3 rings (SSSR count). The van der Waals surface area contributed by atoms with Crippen LogP contribution in [0.25, 0.3) is 0 Å². The summed E-state index contributed by atoms with van der Waals surface area (Å²) in [6, 6.07) is 6.02. The largest absolute Gasteiger partial charge is 0.492 e. The van der Waals surface area contributed by atoms with Crippen molar-refractivity contribution in [3.63, 3.8) is 0 Å². The van der Waals surface area contributed by atoms with Crippen molar-refractivity contribution in [1.82, 2.24) is 5.32 Å². The summed E-state index contributed by atoms with van der Waals surface area (Å²) in [6.07, 6.45) is 10.2. The van der Waals surface area contributed by atoms with E-state index in [2.05, 4.69) is 17.6 Å². The molecule has 2 aliphatic rings. The van der Waals surface area contributed by atoms with Crippen LogP contribution in [-0.2, 0) is 16.0 Å². The number of unbranched alkanes of at least 4 members (excludes halogenated alkanes) is 1. The van der Waals surface area contributed by atoms with E-state index in [0.29, 0.717) is 25.5 Å². The first kappa shape index (κ1) is 19.7. The van der Waals surface area contributed by atoms with Crippen molar-refractivity contribution in [2.75, 3.05) is 11.9 Å². The van der Waals surface area contributed by atoms with Gasteiger partial charge >= 0.3 is 0 Å². The highest BCUT2D eigenvalue weighted by Gasteiger charge is 2.28. The van der Waals surface area contributed by atoms with Crippen molar-refractivity contribution in [1.29, 1.82) is 0 Å². The quantitative estimate of drug-likeness (QED) is 0.735. The lowest BCUT2D eigenvalue weighted by Gasteiger charge is -2.27. The van der Waals surface area contributed by atoms with Crippen molar-refractivity contribution in [3.05, 3.63) is 23.8 Å². The highest BCUT2D eigenvalue weighted by atomic mass is 16.5. The van der Waals surface area contributed by atoms with Crippen molar-refractivity contribution >= 4 is 17.5 Å². The number of ether oxygens (including phenoxy) is 1. The van der Waals surface area contributed by atoms with Gasteiger partial charge in [0.2, 0.25) is 11.8 Å². The van der Waals surface area contributed by atoms with E-state index >= 15 is 0 Å². The first-order chi connectivity index (χ1) is 13.2. The maximum atomic E-state index is 12.7. The zero-order valence-corrected chi connectivity index (χ0v) is 16.4. The number of rotatable bonds is 6. The third kappa shape index (κ3) is 5.72. The predicted octanol–water partition coefficient (Wildman–Crippen LogP) is 4.21. The normalized spacial score (nSPS) is 20.1. The number of hydrogen-bond acceptors (Lipinski definition) is 3. The molecule has 148 valence electrons. The Kier molecular flexibility index (Phi) is 7.13. The lowest BCUT2D eigenvalue weighted by atomic mass is 9.95. The first-order valence-electron chi connectivity index (χ1n) is 10.5. The van der Waals surface area contributed by atoms with Crippen LogP contribution in [0.3, 0.4) is 0 Å². The topological polar surface area (TPSA) is 67.4 Å². The summed E-state index contributed by atoms with van der Waals surface area (Å²) in [6.45, 7) is 2.50. The summed E-state index contributed by atoms with van der Waals surface area (Å²) in [5.41, 5.74) is 1.78. The number of fused-ring (bicyclic) bond motifs is 1. The maximum absolute atomic E-state index is 12.7. The highest BCUT2D eigenvalue weighted by Crippen LogP contribution is 2.30. The van der Waals surface area contributed by atoms with Gasteiger partial charge in [-0.2, -0.15) is 0 Å². The van der Waals surface area contributed by atoms with Crippen LogP contribution in [0.2, 0.25) is 0 Å². The Bertz CT molecular complexity index is 651. The van der Waals surface area contributed by atoms with E-state index in [4.69, 9.17) is 4.74 Å². The fourth-order valence-corrected chi connectivity index (χ4v) is 3.94. The molecule has 0 aromatic heterocycles. The minimum Gasteiger partial charge on any atom is -0.492 e. The summed E-state index contributed by atoms with van der Waals surface area (Å²) in [5.74, 6) is 0.799. The van der Waals surface area contributed by atoms with Gasteiger partial charge < -0.3 is 15.4 Å². The molecule has 0 unspecified atom stereocenters. The van der Waals surface area contributed by atoms with Gasteiger partial charge in [-0.25, -0.2) is 0 Å². The monoisotopic (exact) mass is 372 g/mol. The second-order valence-electron chi connectivity index (χ2n) is 7.88. The van der Waals surface area contributed by atoms with E-state index in [9.17, 15) is 9.59 Å². The van der Waals surface area contributed by atoms with Crippen molar-refractivity contribution in [2.24, 2.45) is 5.92 Å². The minimum atomic E-state index is -0.160. The molecule has 0 bridgehead atoms. The van der Waals surface area contributed by atoms with Gasteiger partial charge in [0.15, 0.2) is 0 Å². The summed E-state index contributed by atoms with van der Waals surface area (Å²) in [7, 11) is 0. The van der Waals surface area contributed by atoms with Crippen molar-refractivity contribution < 1.29 is 14.3 Å². The molecule has 2 N–H and O–H groups in total. The van der Waals surface area contributed by atoms with Crippen LogP contribution < -0.4 is 15.4 Å². The summed E-state index contributed by atoms with van der Waals surface area (Å²) in [5, 5.41) is 6.19. The third-order valence-electron chi connectivity index (χ3n) is 5.58. The molecule has 0 saturated heterocycles. The number of nitrogens with one attached hydrogen (secondary N) is 2. The Morgan fingerprint density at radius 2 is 1.93 bits per heavy atom. The number of amides is 2. The van der Waals surface area contributed by atoms with Crippen molar-refractivity contribution in [3.8, 4) is 5.75 Å². The van der Waals surface area contributed by atoms with Gasteiger partial charge in [0.05, 0.1) is 5.92 Å². The number of anilines is 1. The molecule has 1 aromatic carbocycles. The van der Waals surface area contributed by atoms with Gasteiger partial charge in [0.25, 0.3) is 0 Å². The van der Waals surface area contributed by atoms with E-state index in [-0.39, 0.29) is 17.7 Å². The average molecular weight is 373 g/mol. The Hall–Kier alpha value is -2.04. The van der Waals surface area contributed by atoms with Gasteiger partial charge in [-0.1, -0.05) is 39.0 Å². The van der Waals surface area contributed by atoms with E-state index < -0.39 is 0 Å². The molecule has 1 atom stereocenters. The molecule has 5 nitrogen and oxygen atoms in total. The third-order valence-corrected chi connectivity index (χ3v) is 5.58. The summed E-state index contributed by atoms with van der Waals surface area (Å²) < 4.78 is 5.82. The maximum Gasteiger partial charge on any atom is 0.227 e. The molecule has 27 heavy (non-hydrogen) atoms. The van der Waals surface area contributed by atoms with Gasteiger partial charge in [-0.3, -0.25) is 9.59 Å². The lowest BCUT2D eigenvalue weighted by Crippen LogP contribution is -2.42. The van der Waals surface area contributed by atoms with Gasteiger partial charge in [0.1, 0.15) is 12.4 Å². The van der Waals surface area contributed by atoms with E-state index in [1.807, 2.05) is 18.2 Å². The zero-order chi connectivity index (χ0) is 19.1. The van der Waals surface area contributed by atoms with Crippen molar-refractivity contribution in [2.45, 2.75) is 77.2 Å². The van der Waals surface area contributed by atoms with Crippen LogP contribution in [0.5, 0.6) is 5.75 Å². The number of carbonyl (C=O) groups excluding carboxylic acids is 2. The van der Waals surface area contributed by atoms with Crippen LogP contribution in [0.1, 0.15) is 70.3 Å². The van der Waals surface area contributed by atoms with Gasteiger partial charge in [0, 0.05) is 18.2 Å². The predicted molar refractivity (Wildman–Crippen MR) is 107 cm³/mol. The van der Waals surface area contributed by atoms with Gasteiger partial charge in [-0.15, -0.1) is 0 Å². The molecule has 0 spiro atoms. The second-order valence-corrected chi connectivity index (χ2v) is 7.88. The molecule has 0 radical (unpaired) electrons. The van der Waals surface area contributed by atoms with Crippen LogP contribution >= 0.6 is 0 Å². The molecule has 2 amide bonds. The van der Waals surface area contributed by atoms with Crippen LogP contribution in [0.15, 0.2) is 18.2 Å². The Balaban J connectivity index is 1.58. The van der Waals surface area contributed by atoms with Crippen LogP contribution in [-0.4, -0.2) is 24.5 Å². The summed E-state index contributed by atoms with van der Waals surface area (Å²) in [4.78, 5) is 24.7. The molecule has 1 aliphatic heterocycles. The average Bonchev–Trinajstić information content (AvgIpc) is 2.94. The zero-order valence-electron chi connectivity index (χ0n) is 16.4. The SMILES string of the molecule is CCCCC(=O)Nc1ccc2c(c1)C[C@H](C(=O)NC1CCCCCC1)CO2. The smallest absolute Gasteiger partial charge is 0.227 e. The number of carbonyl (C=O) groups is 2. The fourth-order valence-electron chi connectivity index (χ4n) is 3.94. The Morgan fingerprint density at radius 1 is 1.15 bits per heavy atom. The Morgan fingerprint density at radius 3 is 2.67 bits per heavy atom. The van der Waals surface area contributed by atoms with Crippen LogP contribution in [0.4, 0.5) is 5.69 Å². The highest BCUT2D eigenvalue weighted by molar-refractivity contribution is 5.91. The number of benzene rings is 1. The molecule has 5 heteroatoms. The second kappa shape index (κ2) is 9.77. The lowest BCUT2D eigenvalue weighted by molar-refractivity contribution is -0.127. The first-order valence-corrected chi connectivity index (χ1v) is 10.5. The number of hydrogen-bond donors (Lipinski definition) is 2. The molecule has 1 fully saturated rings. The molecule has 1 saturated carbocycles. The molecular formula is C22H32N2O3. The molecule has 1 aliphatic carbocycles. The molecule has 1 aromatic rings. The van der Waals surface area contributed by atoms with E-state index in [1.165, 1.54) is 25.7 Å². The minimum absolute atomic E-state index is 0.0381. The molecular weight excluding hydrogens is 340 g/mol. The van der Waals surface area contributed by atoms with E-state index in [1.54, 1.807) is 0 Å². The molecule has 1 heterocycles. The van der Waals surface area contributed by atoms with E-state index in [0.717, 1.165) is 42.7 Å². The van der Waals surface area contributed by atoms with Crippen LogP contribution in [0, 0.1) is 5.92 Å². The Labute approximate surface area is 162 Å². The standard InChI is InChI=1S/C22H32N2O3/c1-2-3-10-21(25)23-19-11-12-20-16(14-19)13-17(15-27-20)22(26)24-18-8-6-4-5-7-9-18/h11-12,14,17-18H,2-10,13,15H2,1H3,(H,23,25)(H,24,26)/t17-/m0/s1.